The van der Waals surface area contributed by atoms with Crippen LogP contribution in [0.15, 0.2) is 47.6 Å². The third-order valence-electron chi connectivity index (χ3n) is 2.50. The second kappa shape index (κ2) is 5.63. The second-order valence-corrected chi connectivity index (χ2v) is 4.49. The number of phenolic OH excluding ortho intramolecular Hbond substituents is 2. The maximum atomic E-state index is 9.41. The molecular weight excluding hydrogens is 264 g/mol. The molecule has 0 aliphatic heterocycles. The molecule has 0 radical (unpaired) electrons. The Morgan fingerprint density at radius 3 is 2.42 bits per heavy atom. The Morgan fingerprint density at radius 2 is 1.79 bits per heavy atom. The summed E-state index contributed by atoms with van der Waals surface area (Å²) in [6, 6.07) is 11.5. The Labute approximate surface area is 116 Å². The number of nitrogens with one attached hydrogen (secondary N) is 1. The molecule has 98 valence electrons. The fourth-order valence-electron chi connectivity index (χ4n) is 1.58. The van der Waals surface area contributed by atoms with Crippen LogP contribution < -0.4 is 5.43 Å². The van der Waals surface area contributed by atoms with E-state index in [-0.39, 0.29) is 11.5 Å². The molecule has 0 amide bonds. The van der Waals surface area contributed by atoms with Gasteiger partial charge in [-0.15, -0.1) is 0 Å². The van der Waals surface area contributed by atoms with Crippen molar-refractivity contribution in [1.29, 1.82) is 0 Å². The lowest BCUT2D eigenvalue weighted by Gasteiger charge is -2.05. The summed E-state index contributed by atoms with van der Waals surface area (Å²) in [6.07, 6.45) is 0. The van der Waals surface area contributed by atoms with Crippen LogP contribution in [-0.4, -0.2) is 15.9 Å². The zero-order valence-corrected chi connectivity index (χ0v) is 11.0. The number of phenols is 2. The Bertz CT molecular complexity index is 606. The number of benzene rings is 2. The summed E-state index contributed by atoms with van der Waals surface area (Å²) in [5, 5.41) is 23.6. The van der Waals surface area contributed by atoms with Gasteiger partial charge in [0.25, 0.3) is 0 Å². The summed E-state index contributed by atoms with van der Waals surface area (Å²) in [7, 11) is 0. The zero-order valence-electron chi connectivity index (χ0n) is 10.3. The fourth-order valence-corrected chi connectivity index (χ4v) is 1.77. The molecule has 19 heavy (non-hydrogen) atoms. The molecular formula is C14H13ClN2O2. The van der Waals surface area contributed by atoms with Crippen LogP contribution in [0.2, 0.25) is 5.02 Å². The summed E-state index contributed by atoms with van der Waals surface area (Å²) in [6.45, 7) is 1.77. The third-order valence-corrected chi connectivity index (χ3v) is 2.73. The zero-order chi connectivity index (χ0) is 13.8. The van der Waals surface area contributed by atoms with Crippen molar-refractivity contribution in [3.63, 3.8) is 0 Å². The summed E-state index contributed by atoms with van der Waals surface area (Å²) < 4.78 is 0. The van der Waals surface area contributed by atoms with Crippen LogP contribution >= 0.6 is 11.6 Å². The van der Waals surface area contributed by atoms with Gasteiger partial charge in [-0.1, -0.05) is 17.7 Å². The molecule has 0 saturated heterocycles. The second-order valence-electron chi connectivity index (χ2n) is 4.06. The minimum atomic E-state index is -0.00712. The van der Waals surface area contributed by atoms with E-state index in [1.807, 2.05) is 12.1 Å². The van der Waals surface area contributed by atoms with Crippen molar-refractivity contribution >= 4 is 23.0 Å². The lowest BCUT2D eigenvalue weighted by Crippen LogP contribution is -1.99. The number of hydrogen-bond donors (Lipinski definition) is 3. The maximum Gasteiger partial charge on any atom is 0.119 e. The van der Waals surface area contributed by atoms with E-state index in [2.05, 4.69) is 10.5 Å². The molecule has 0 heterocycles. The highest BCUT2D eigenvalue weighted by atomic mass is 35.5. The van der Waals surface area contributed by atoms with Gasteiger partial charge in [-0.25, -0.2) is 0 Å². The van der Waals surface area contributed by atoms with Crippen molar-refractivity contribution in [2.24, 2.45) is 5.10 Å². The molecule has 0 spiro atoms. The van der Waals surface area contributed by atoms with Crippen molar-refractivity contribution in [1.82, 2.24) is 0 Å². The highest BCUT2D eigenvalue weighted by Gasteiger charge is 2.02. The number of nitrogens with zero attached hydrogens (tertiary/aromatic N) is 1. The molecule has 2 rings (SSSR count). The Morgan fingerprint density at radius 1 is 1.11 bits per heavy atom. The molecule has 2 aromatic rings. The van der Waals surface area contributed by atoms with Crippen LogP contribution in [-0.2, 0) is 0 Å². The molecule has 4 nitrogen and oxygen atoms in total. The number of aromatic hydroxyl groups is 2. The number of halogens is 1. The van der Waals surface area contributed by atoms with E-state index in [0.29, 0.717) is 16.3 Å². The van der Waals surface area contributed by atoms with E-state index < -0.39 is 0 Å². The Kier molecular flexibility index (Phi) is 3.92. The average Bonchev–Trinajstić information content (AvgIpc) is 2.35. The van der Waals surface area contributed by atoms with Crippen LogP contribution in [0.4, 0.5) is 5.69 Å². The maximum absolute atomic E-state index is 9.41. The van der Waals surface area contributed by atoms with Crippen LogP contribution in [0.25, 0.3) is 0 Å². The van der Waals surface area contributed by atoms with Crippen molar-refractivity contribution in [3.8, 4) is 11.5 Å². The quantitative estimate of drug-likeness (QED) is 0.593. The Hall–Kier alpha value is -2.20. The standard InChI is InChI=1S/C14H13ClN2O2/c1-9(10-5-13(18)8-14(19)6-10)16-17-12-4-2-3-11(15)7-12/h2-8,17-19H,1H3. The molecule has 0 unspecified atom stereocenters. The molecule has 0 aliphatic rings. The first-order valence-corrected chi connectivity index (χ1v) is 6.01. The predicted molar refractivity (Wildman–Crippen MR) is 77.1 cm³/mol. The van der Waals surface area contributed by atoms with Crippen LogP contribution in [0.3, 0.4) is 0 Å². The molecule has 3 N–H and O–H groups in total. The first-order chi connectivity index (χ1) is 9.04. The molecule has 0 atom stereocenters. The average molecular weight is 277 g/mol. The van der Waals surface area contributed by atoms with Gasteiger partial charge in [0.1, 0.15) is 11.5 Å². The topological polar surface area (TPSA) is 64.9 Å². The van der Waals surface area contributed by atoms with Gasteiger partial charge in [-0.2, -0.15) is 5.10 Å². The fraction of sp³-hybridized carbons (Fsp3) is 0.0714. The van der Waals surface area contributed by atoms with Gasteiger partial charge in [-0.3, -0.25) is 5.43 Å². The van der Waals surface area contributed by atoms with Crippen LogP contribution in [0, 0.1) is 0 Å². The number of hydrazone groups is 1. The lowest BCUT2D eigenvalue weighted by molar-refractivity contribution is 0.450. The normalized spacial score (nSPS) is 11.4. The van der Waals surface area contributed by atoms with Crippen molar-refractivity contribution < 1.29 is 10.2 Å². The van der Waals surface area contributed by atoms with Crippen LogP contribution in [0.5, 0.6) is 11.5 Å². The van der Waals surface area contributed by atoms with Crippen molar-refractivity contribution in [2.45, 2.75) is 6.92 Å². The van der Waals surface area contributed by atoms with E-state index in [1.54, 1.807) is 19.1 Å². The molecule has 0 aromatic heterocycles. The van der Waals surface area contributed by atoms with E-state index >= 15 is 0 Å². The number of hydrogen-bond acceptors (Lipinski definition) is 4. The first-order valence-electron chi connectivity index (χ1n) is 5.64. The molecule has 5 heteroatoms. The van der Waals surface area contributed by atoms with Gasteiger partial charge < -0.3 is 10.2 Å². The lowest BCUT2D eigenvalue weighted by atomic mass is 10.1. The minimum Gasteiger partial charge on any atom is -0.508 e. The smallest absolute Gasteiger partial charge is 0.119 e. The van der Waals surface area contributed by atoms with Gasteiger partial charge in [-0.05, 0) is 37.3 Å². The third kappa shape index (κ3) is 3.63. The highest BCUT2D eigenvalue weighted by molar-refractivity contribution is 6.30. The summed E-state index contributed by atoms with van der Waals surface area (Å²) in [5.74, 6) is -0.0142. The number of anilines is 1. The summed E-state index contributed by atoms with van der Waals surface area (Å²) >= 11 is 5.86. The predicted octanol–water partition coefficient (Wildman–Crippen LogP) is 3.59. The van der Waals surface area contributed by atoms with Gasteiger partial charge in [0.05, 0.1) is 11.4 Å². The van der Waals surface area contributed by atoms with E-state index in [9.17, 15) is 10.2 Å². The first kappa shape index (κ1) is 13.2. The number of rotatable bonds is 3. The molecule has 0 saturated carbocycles. The van der Waals surface area contributed by atoms with E-state index in [0.717, 1.165) is 5.69 Å². The summed E-state index contributed by atoms with van der Waals surface area (Å²) in [5.41, 5.74) is 4.89. The van der Waals surface area contributed by atoms with Gasteiger partial charge in [0.2, 0.25) is 0 Å². The SMILES string of the molecule is CC(=NNc1cccc(Cl)c1)c1cc(O)cc(O)c1. The van der Waals surface area contributed by atoms with Crippen molar-refractivity contribution in [2.75, 3.05) is 5.43 Å². The van der Waals surface area contributed by atoms with Gasteiger partial charge in [0, 0.05) is 16.7 Å². The van der Waals surface area contributed by atoms with Gasteiger partial charge >= 0.3 is 0 Å². The Balaban J connectivity index is 2.19. The van der Waals surface area contributed by atoms with Gasteiger partial charge in [0.15, 0.2) is 0 Å². The van der Waals surface area contributed by atoms with E-state index in [1.165, 1.54) is 18.2 Å². The monoisotopic (exact) mass is 276 g/mol. The van der Waals surface area contributed by atoms with Crippen LogP contribution in [0.1, 0.15) is 12.5 Å². The molecule has 0 bridgehead atoms. The summed E-state index contributed by atoms with van der Waals surface area (Å²) in [4.78, 5) is 0. The molecule has 2 aromatic carbocycles. The molecule has 0 aliphatic carbocycles. The minimum absolute atomic E-state index is 0.00712. The molecule has 0 fully saturated rings. The highest BCUT2D eigenvalue weighted by Crippen LogP contribution is 2.21. The van der Waals surface area contributed by atoms with E-state index in [4.69, 9.17) is 11.6 Å². The largest absolute Gasteiger partial charge is 0.508 e. The van der Waals surface area contributed by atoms with Crippen molar-refractivity contribution in [3.05, 3.63) is 53.1 Å².